The second kappa shape index (κ2) is 7.97. The average molecular weight is 323 g/mol. The standard InChI is InChI=1S/C20H25N3O/c21-13-7-1-2-8-14-22-20(24)15-23-18-11-5-3-9-16(18)17-10-4-6-12-19(17)23/h3-6,9-12H,1-2,7-8,13-15,21H2,(H,22,24). The number of fused-ring (bicyclic) bond motifs is 3. The van der Waals surface area contributed by atoms with Crippen LogP contribution in [0.5, 0.6) is 0 Å². The van der Waals surface area contributed by atoms with E-state index in [-0.39, 0.29) is 5.91 Å². The van der Waals surface area contributed by atoms with Crippen LogP contribution in [0.2, 0.25) is 0 Å². The predicted molar refractivity (Wildman–Crippen MR) is 100.0 cm³/mol. The van der Waals surface area contributed by atoms with E-state index in [1.54, 1.807) is 0 Å². The molecule has 0 aliphatic carbocycles. The van der Waals surface area contributed by atoms with Crippen molar-refractivity contribution in [3.63, 3.8) is 0 Å². The van der Waals surface area contributed by atoms with Crippen LogP contribution in [0.25, 0.3) is 21.8 Å². The highest BCUT2D eigenvalue weighted by Crippen LogP contribution is 2.28. The Morgan fingerprint density at radius 2 is 1.46 bits per heavy atom. The lowest BCUT2D eigenvalue weighted by Crippen LogP contribution is -2.28. The van der Waals surface area contributed by atoms with Crippen molar-refractivity contribution < 1.29 is 4.79 Å². The summed E-state index contributed by atoms with van der Waals surface area (Å²) in [5.74, 6) is 0.0698. The lowest BCUT2D eigenvalue weighted by atomic mass is 10.2. The van der Waals surface area contributed by atoms with E-state index in [0.717, 1.165) is 49.8 Å². The molecule has 0 saturated heterocycles. The first-order valence-corrected chi connectivity index (χ1v) is 8.74. The molecule has 0 unspecified atom stereocenters. The van der Waals surface area contributed by atoms with Crippen molar-refractivity contribution in [2.24, 2.45) is 5.73 Å². The molecular weight excluding hydrogens is 298 g/mol. The summed E-state index contributed by atoms with van der Waals surface area (Å²) < 4.78 is 2.11. The highest BCUT2D eigenvalue weighted by molar-refractivity contribution is 6.08. The van der Waals surface area contributed by atoms with Crippen LogP contribution in [0.3, 0.4) is 0 Å². The molecule has 1 heterocycles. The van der Waals surface area contributed by atoms with Gasteiger partial charge in [-0.2, -0.15) is 0 Å². The number of hydrogen-bond acceptors (Lipinski definition) is 2. The number of hydrogen-bond donors (Lipinski definition) is 2. The van der Waals surface area contributed by atoms with Gasteiger partial charge in [0.1, 0.15) is 6.54 Å². The molecule has 0 spiro atoms. The molecule has 0 aliphatic rings. The van der Waals surface area contributed by atoms with E-state index in [0.29, 0.717) is 6.54 Å². The Morgan fingerprint density at radius 3 is 2.08 bits per heavy atom. The van der Waals surface area contributed by atoms with E-state index in [1.165, 1.54) is 10.8 Å². The lowest BCUT2D eigenvalue weighted by molar-refractivity contribution is -0.121. The van der Waals surface area contributed by atoms with Gasteiger partial charge >= 0.3 is 0 Å². The largest absolute Gasteiger partial charge is 0.355 e. The number of nitrogens with one attached hydrogen (secondary N) is 1. The third-order valence-electron chi connectivity index (χ3n) is 4.43. The lowest BCUT2D eigenvalue weighted by Gasteiger charge is -2.09. The van der Waals surface area contributed by atoms with E-state index in [4.69, 9.17) is 5.73 Å². The smallest absolute Gasteiger partial charge is 0.239 e. The van der Waals surface area contributed by atoms with Crippen LogP contribution in [0.15, 0.2) is 48.5 Å². The Kier molecular flexibility index (Phi) is 5.49. The number of carbonyl (C=O) groups excluding carboxylic acids is 1. The van der Waals surface area contributed by atoms with Gasteiger partial charge in [-0.25, -0.2) is 0 Å². The summed E-state index contributed by atoms with van der Waals surface area (Å²) in [7, 11) is 0. The number of carbonyl (C=O) groups is 1. The Balaban J connectivity index is 1.69. The number of rotatable bonds is 8. The third kappa shape index (κ3) is 3.60. The second-order valence-corrected chi connectivity index (χ2v) is 6.17. The van der Waals surface area contributed by atoms with Crippen molar-refractivity contribution in [3.05, 3.63) is 48.5 Å². The van der Waals surface area contributed by atoms with Gasteiger partial charge < -0.3 is 15.6 Å². The zero-order valence-electron chi connectivity index (χ0n) is 14.0. The minimum atomic E-state index is 0.0698. The van der Waals surface area contributed by atoms with Gasteiger partial charge in [0.15, 0.2) is 0 Å². The van der Waals surface area contributed by atoms with E-state index >= 15 is 0 Å². The number of nitrogens with zero attached hydrogens (tertiary/aromatic N) is 1. The van der Waals surface area contributed by atoms with Crippen LogP contribution in [0, 0.1) is 0 Å². The first kappa shape index (κ1) is 16.5. The first-order chi connectivity index (χ1) is 11.8. The molecule has 24 heavy (non-hydrogen) atoms. The highest BCUT2D eigenvalue weighted by Gasteiger charge is 2.12. The normalized spacial score (nSPS) is 11.2. The molecule has 0 bridgehead atoms. The Morgan fingerprint density at radius 1 is 0.875 bits per heavy atom. The SMILES string of the molecule is NCCCCCCNC(=O)Cn1c2ccccc2c2ccccc21. The number of aromatic nitrogens is 1. The average Bonchev–Trinajstić information content (AvgIpc) is 2.93. The van der Waals surface area contributed by atoms with Crippen molar-refractivity contribution in [2.75, 3.05) is 13.1 Å². The molecule has 126 valence electrons. The molecule has 2 aromatic carbocycles. The van der Waals surface area contributed by atoms with Gasteiger partial charge in [-0.1, -0.05) is 49.2 Å². The number of nitrogens with two attached hydrogens (primary N) is 1. The summed E-state index contributed by atoms with van der Waals surface area (Å²) in [5, 5.41) is 5.43. The summed E-state index contributed by atoms with van der Waals surface area (Å²) in [6, 6.07) is 16.5. The van der Waals surface area contributed by atoms with Gasteiger partial charge in [-0.3, -0.25) is 4.79 Å². The minimum Gasteiger partial charge on any atom is -0.355 e. The molecule has 0 radical (unpaired) electrons. The van der Waals surface area contributed by atoms with Gasteiger partial charge in [0, 0.05) is 28.4 Å². The molecular formula is C20H25N3O. The number of unbranched alkanes of at least 4 members (excludes halogenated alkanes) is 3. The van der Waals surface area contributed by atoms with Crippen LogP contribution in [-0.2, 0) is 11.3 Å². The summed E-state index contributed by atoms with van der Waals surface area (Å²) in [4.78, 5) is 12.3. The van der Waals surface area contributed by atoms with Crippen molar-refractivity contribution in [2.45, 2.75) is 32.2 Å². The summed E-state index contributed by atoms with van der Waals surface area (Å²) >= 11 is 0. The molecule has 0 saturated carbocycles. The van der Waals surface area contributed by atoms with Crippen molar-refractivity contribution >= 4 is 27.7 Å². The van der Waals surface area contributed by atoms with E-state index in [1.807, 2.05) is 24.3 Å². The zero-order valence-corrected chi connectivity index (χ0v) is 14.0. The minimum absolute atomic E-state index is 0.0698. The molecule has 3 N–H and O–H groups in total. The van der Waals surface area contributed by atoms with Crippen LogP contribution >= 0.6 is 0 Å². The Hall–Kier alpha value is -2.33. The number of amides is 1. The second-order valence-electron chi connectivity index (χ2n) is 6.17. The summed E-state index contributed by atoms with van der Waals surface area (Å²) in [6.45, 7) is 1.84. The fourth-order valence-electron chi connectivity index (χ4n) is 3.22. The first-order valence-electron chi connectivity index (χ1n) is 8.74. The molecule has 3 aromatic rings. The molecule has 0 atom stereocenters. The fourth-order valence-corrected chi connectivity index (χ4v) is 3.22. The molecule has 1 amide bonds. The van der Waals surface area contributed by atoms with Crippen molar-refractivity contribution in [1.82, 2.24) is 9.88 Å². The molecule has 0 aliphatic heterocycles. The molecule has 0 fully saturated rings. The third-order valence-corrected chi connectivity index (χ3v) is 4.43. The van der Waals surface area contributed by atoms with Crippen LogP contribution in [0.4, 0.5) is 0 Å². The van der Waals surface area contributed by atoms with Crippen molar-refractivity contribution in [1.29, 1.82) is 0 Å². The Bertz CT molecular complexity index is 769. The maximum atomic E-state index is 12.3. The number of benzene rings is 2. The van der Waals surface area contributed by atoms with Crippen LogP contribution in [0.1, 0.15) is 25.7 Å². The van der Waals surface area contributed by atoms with Crippen molar-refractivity contribution in [3.8, 4) is 0 Å². The van der Waals surface area contributed by atoms with Gasteiger partial charge in [0.2, 0.25) is 5.91 Å². The predicted octanol–water partition coefficient (Wildman–Crippen LogP) is 3.43. The van der Waals surface area contributed by atoms with Gasteiger partial charge in [-0.05, 0) is 31.5 Å². The highest BCUT2D eigenvalue weighted by atomic mass is 16.1. The maximum Gasteiger partial charge on any atom is 0.239 e. The van der Waals surface area contributed by atoms with Crippen LogP contribution in [-0.4, -0.2) is 23.6 Å². The van der Waals surface area contributed by atoms with Crippen LogP contribution < -0.4 is 11.1 Å². The van der Waals surface area contributed by atoms with Gasteiger partial charge in [-0.15, -0.1) is 0 Å². The molecule has 3 rings (SSSR count). The molecule has 1 aromatic heterocycles. The zero-order chi connectivity index (χ0) is 16.8. The Labute approximate surface area is 142 Å². The summed E-state index contributed by atoms with van der Waals surface area (Å²) in [5.41, 5.74) is 7.70. The summed E-state index contributed by atoms with van der Waals surface area (Å²) in [6.07, 6.45) is 4.33. The topological polar surface area (TPSA) is 60.0 Å². The maximum absolute atomic E-state index is 12.3. The monoisotopic (exact) mass is 323 g/mol. The molecule has 4 heteroatoms. The molecule has 4 nitrogen and oxygen atoms in total. The fraction of sp³-hybridized carbons (Fsp3) is 0.350. The van der Waals surface area contributed by atoms with E-state index in [9.17, 15) is 4.79 Å². The van der Waals surface area contributed by atoms with Gasteiger partial charge in [0.05, 0.1) is 0 Å². The van der Waals surface area contributed by atoms with E-state index < -0.39 is 0 Å². The number of para-hydroxylation sites is 2. The van der Waals surface area contributed by atoms with E-state index in [2.05, 4.69) is 34.1 Å². The quantitative estimate of drug-likeness (QED) is 0.624. The van der Waals surface area contributed by atoms with Gasteiger partial charge in [0.25, 0.3) is 0 Å².